The Kier molecular flexibility index (Phi) is 9.37. The Hall–Kier alpha value is -2.81. The fraction of sp³-hybridized carbons (Fsp3) is 0.280. The van der Waals surface area contributed by atoms with E-state index in [0.717, 1.165) is 5.56 Å². The summed E-state index contributed by atoms with van der Waals surface area (Å²) in [6, 6.07) is 11.9. The van der Waals surface area contributed by atoms with Crippen molar-refractivity contribution in [3.63, 3.8) is 0 Å². The molecule has 184 valence electrons. The lowest BCUT2D eigenvalue weighted by Gasteiger charge is -2.22. The van der Waals surface area contributed by atoms with Gasteiger partial charge in [0.25, 0.3) is 5.91 Å². The molecule has 0 fully saturated rings. The van der Waals surface area contributed by atoms with Crippen molar-refractivity contribution >= 4 is 52.5 Å². The van der Waals surface area contributed by atoms with Crippen LogP contribution in [0.5, 0.6) is 0 Å². The molecule has 3 rings (SSSR count). The maximum atomic E-state index is 12.9. The van der Waals surface area contributed by atoms with E-state index in [2.05, 4.69) is 27.4 Å². The second kappa shape index (κ2) is 12.2. The van der Waals surface area contributed by atoms with Gasteiger partial charge >= 0.3 is 0 Å². The zero-order chi connectivity index (χ0) is 25.5. The molecule has 0 bridgehead atoms. The van der Waals surface area contributed by atoms with Crippen LogP contribution < -0.4 is 10.6 Å². The number of halogens is 2. The number of anilines is 1. The van der Waals surface area contributed by atoms with Crippen LogP contribution in [0.25, 0.3) is 0 Å². The van der Waals surface area contributed by atoms with Gasteiger partial charge in [-0.2, -0.15) is 0 Å². The van der Waals surface area contributed by atoms with Crippen molar-refractivity contribution in [2.75, 3.05) is 11.1 Å². The number of hydrogen-bond acceptors (Lipinski definition) is 5. The van der Waals surface area contributed by atoms with Crippen LogP contribution in [0.15, 0.2) is 60.3 Å². The molecule has 0 spiro atoms. The van der Waals surface area contributed by atoms with Gasteiger partial charge in [0.1, 0.15) is 0 Å². The first-order valence-electron chi connectivity index (χ1n) is 11.0. The number of hydrogen-bond donors (Lipinski definition) is 2. The molecule has 10 heteroatoms. The minimum Gasteiger partial charge on any atom is -0.342 e. The minimum atomic E-state index is -0.382. The Morgan fingerprint density at radius 3 is 2.49 bits per heavy atom. The van der Waals surface area contributed by atoms with Crippen LogP contribution >= 0.6 is 35.0 Å². The molecule has 2 N–H and O–H groups in total. The Balaban J connectivity index is 1.75. The van der Waals surface area contributed by atoms with Crippen LogP contribution in [0.1, 0.15) is 41.6 Å². The topological polar surface area (TPSA) is 88.9 Å². The summed E-state index contributed by atoms with van der Waals surface area (Å²) >= 11 is 13.3. The maximum absolute atomic E-state index is 12.9. The minimum absolute atomic E-state index is 0.0466. The van der Waals surface area contributed by atoms with Gasteiger partial charge in [-0.05, 0) is 43.2 Å². The fourth-order valence-electron chi connectivity index (χ4n) is 3.30. The summed E-state index contributed by atoms with van der Waals surface area (Å²) in [4.78, 5) is 25.4. The van der Waals surface area contributed by atoms with E-state index in [1.54, 1.807) is 36.4 Å². The second-order valence-electron chi connectivity index (χ2n) is 8.26. The summed E-state index contributed by atoms with van der Waals surface area (Å²) in [6.45, 7) is 10.2. The summed E-state index contributed by atoms with van der Waals surface area (Å²) in [5.41, 5.74) is 2.13. The maximum Gasteiger partial charge on any atom is 0.251 e. The molecular formula is C25H27Cl2N5O2S. The number of thioether (sulfide) groups is 1. The first-order valence-corrected chi connectivity index (χ1v) is 12.7. The van der Waals surface area contributed by atoms with Crippen LogP contribution in [-0.4, -0.2) is 32.3 Å². The predicted molar refractivity (Wildman–Crippen MR) is 142 cm³/mol. The van der Waals surface area contributed by atoms with Gasteiger partial charge in [-0.3, -0.25) is 9.59 Å². The summed E-state index contributed by atoms with van der Waals surface area (Å²) in [6.07, 6.45) is 1.73. The number of aryl methyl sites for hydroxylation is 1. The van der Waals surface area contributed by atoms with E-state index >= 15 is 0 Å². The normalized spacial score (nSPS) is 11.8. The van der Waals surface area contributed by atoms with E-state index in [0.29, 0.717) is 38.8 Å². The predicted octanol–water partition coefficient (Wildman–Crippen LogP) is 5.94. The van der Waals surface area contributed by atoms with Crippen LogP contribution in [0.3, 0.4) is 0 Å². The van der Waals surface area contributed by atoms with Gasteiger partial charge in [0.15, 0.2) is 11.0 Å². The molecule has 2 aromatic carbocycles. The number of carbonyl (C=O) groups excluding carboxylic acids is 2. The lowest BCUT2D eigenvalue weighted by Crippen LogP contribution is -2.33. The number of allylic oxidation sites excluding steroid dienone is 1. The van der Waals surface area contributed by atoms with Crippen LogP contribution in [-0.2, 0) is 11.3 Å². The number of amides is 2. The average molecular weight is 532 g/mol. The molecule has 0 aliphatic rings. The lowest BCUT2D eigenvalue weighted by molar-refractivity contribution is -0.113. The molecule has 0 aliphatic carbocycles. The van der Waals surface area contributed by atoms with Crippen molar-refractivity contribution < 1.29 is 9.59 Å². The van der Waals surface area contributed by atoms with E-state index in [9.17, 15) is 9.59 Å². The summed E-state index contributed by atoms with van der Waals surface area (Å²) in [5, 5.41) is 15.9. The zero-order valence-corrected chi connectivity index (χ0v) is 22.0. The molecular weight excluding hydrogens is 505 g/mol. The monoisotopic (exact) mass is 531 g/mol. The van der Waals surface area contributed by atoms with E-state index < -0.39 is 0 Å². The third-order valence-corrected chi connectivity index (χ3v) is 6.65. The molecule has 35 heavy (non-hydrogen) atoms. The standard InChI is InChI=1S/C25H27Cl2N5O2S/c1-5-12-32-23(22(15(2)3)29-24(34)17-8-6-16(4)7-9-17)30-31-25(32)35-14-21(33)28-20-11-10-18(26)13-19(20)27/h5-11,13,15,22H,1,12,14H2,2-4H3,(H,28,33)(H,29,34)/t22-/m1/s1. The number of rotatable bonds is 10. The van der Waals surface area contributed by atoms with Crippen molar-refractivity contribution in [2.24, 2.45) is 5.92 Å². The van der Waals surface area contributed by atoms with Gasteiger partial charge in [-0.15, -0.1) is 16.8 Å². The number of nitrogens with one attached hydrogen (secondary N) is 2. The van der Waals surface area contributed by atoms with Gasteiger partial charge in [-0.1, -0.05) is 72.6 Å². The number of benzene rings is 2. The highest BCUT2D eigenvalue weighted by atomic mass is 35.5. The van der Waals surface area contributed by atoms with Crippen molar-refractivity contribution in [3.05, 3.63) is 82.1 Å². The Morgan fingerprint density at radius 1 is 1.14 bits per heavy atom. The molecule has 2 amide bonds. The first-order chi connectivity index (χ1) is 16.7. The van der Waals surface area contributed by atoms with Crippen molar-refractivity contribution in [2.45, 2.75) is 38.5 Å². The summed E-state index contributed by atoms with van der Waals surface area (Å²) < 4.78 is 1.86. The smallest absolute Gasteiger partial charge is 0.251 e. The van der Waals surface area contributed by atoms with Crippen molar-refractivity contribution in [3.8, 4) is 0 Å². The molecule has 7 nitrogen and oxygen atoms in total. The van der Waals surface area contributed by atoms with E-state index in [-0.39, 0.29) is 29.5 Å². The molecule has 0 saturated carbocycles. The van der Waals surface area contributed by atoms with Crippen LogP contribution in [0.4, 0.5) is 5.69 Å². The van der Waals surface area contributed by atoms with Gasteiger partial charge in [-0.25, -0.2) is 0 Å². The third-order valence-electron chi connectivity index (χ3n) is 5.14. The highest BCUT2D eigenvalue weighted by molar-refractivity contribution is 7.99. The molecule has 0 saturated heterocycles. The zero-order valence-electron chi connectivity index (χ0n) is 19.7. The lowest BCUT2D eigenvalue weighted by atomic mass is 10.0. The number of aromatic nitrogens is 3. The Morgan fingerprint density at radius 2 is 1.86 bits per heavy atom. The summed E-state index contributed by atoms with van der Waals surface area (Å²) in [7, 11) is 0. The van der Waals surface area contributed by atoms with E-state index in [4.69, 9.17) is 23.2 Å². The molecule has 1 atom stereocenters. The van der Waals surface area contributed by atoms with Crippen molar-refractivity contribution in [1.29, 1.82) is 0 Å². The molecule has 1 aromatic heterocycles. The summed E-state index contributed by atoms with van der Waals surface area (Å²) in [5.74, 6) is 0.303. The van der Waals surface area contributed by atoms with Crippen LogP contribution in [0.2, 0.25) is 10.0 Å². The quantitative estimate of drug-likeness (QED) is 0.249. The van der Waals surface area contributed by atoms with Gasteiger partial charge in [0.2, 0.25) is 5.91 Å². The van der Waals surface area contributed by atoms with Crippen LogP contribution in [0, 0.1) is 12.8 Å². The Labute approximate surface area is 219 Å². The largest absolute Gasteiger partial charge is 0.342 e. The molecule has 0 aliphatic heterocycles. The third kappa shape index (κ3) is 7.10. The van der Waals surface area contributed by atoms with Crippen molar-refractivity contribution in [1.82, 2.24) is 20.1 Å². The fourth-order valence-corrected chi connectivity index (χ4v) is 4.51. The molecule has 3 aromatic rings. The SMILES string of the molecule is C=CCn1c(SCC(=O)Nc2ccc(Cl)cc2Cl)nnc1[C@H](NC(=O)c1ccc(C)cc1)C(C)C. The van der Waals surface area contributed by atoms with Gasteiger partial charge in [0, 0.05) is 17.1 Å². The molecule has 0 unspecified atom stereocenters. The highest BCUT2D eigenvalue weighted by Gasteiger charge is 2.26. The number of nitrogens with zero attached hydrogens (tertiary/aromatic N) is 3. The molecule has 0 radical (unpaired) electrons. The number of carbonyl (C=O) groups is 2. The van der Waals surface area contributed by atoms with E-state index in [1.165, 1.54) is 11.8 Å². The van der Waals surface area contributed by atoms with Gasteiger partial charge < -0.3 is 15.2 Å². The van der Waals surface area contributed by atoms with E-state index in [1.807, 2.05) is 37.5 Å². The first kappa shape index (κ1) is 26.8. The average Bonchev–Trinajstić information content (AvgIpc) is 3.20. The highest BCUT2D eigenvalue weighted by Crippen LogP contribution is 2.28. The van der Waals surface area contributed by atoms with Gasteiger partial charge in [0.05, 0.1) is 22.5 Å². The molecule has 1 heterocycles. The Bertz CT molecular complexity index is 1210. The second-order valence-corrected chi connectivity index (χ2v) is 10.0.